The van der Waals surface area contributed by atoms with Crippen LogP contribution >= 0.6 is 0 Å². The summed E-state index contributed by atoms with van der Waals surface area (Å²) >= 11 is 0.207. The second-order valence-electron chi connectivity index (χ2n) is 6.40. The van der Waals surface area contributed by atoms with Gasteiger partial charge in [-0.1, -0.05) is 0 Å². The van der Waals surface area contributed by atoms with Crippen molar-refractivity contribution < 1.29 is 34.0 Å². The van der Waals surface area contributed by atoms with Gasteiger partial charge in [0.1, 0.15) is 0 Å². The first-order chi connectivity index (χ1) is 9.72. The Bertz CT molecular complexity index is 706. The number of hydrogen-bond acceptors (Lipinski definition) is 3. The van der Waals surface area contributed by atoms with Gasteiger partial charge >= 0.3 is 135 Å². The fourth-order valence-electron chi connectivity index (χ4n) is 2.48. The Hall–Kier alpha value is -0.500. The molecule has 0 aromatic rings. The maximum absolute atomic E-state index is 14.4. The summed E-state index contributed by atoms with van der Waals surface area (Å²) in [4.78, 5) is 4.18. The van der Waals surface area contributed by atoms with Crippen molar-refractivity contribution in [1.29, 1.82) is 0 Å². The monoisotopic (exact) mass is 422 g/mol. The van der Waals surface area contributed by atoms with Crippen LogP contribution in [-0.4, -0.2) is 33.8 Å². The van der Waals surface area contributed by atoms with Crippen molar-refractivity contribution in [2.75, 3.05) is 4.43 Å². The molecule has 21 heavy (non-hydrogen) atoms. The minimum atomic E-state index is -3.67. The SMILES string of the molecule is CC(C)(C)S(=O)(=O)C1=C(F)CC2N=CC=C(C3C[I-]3)C2=C1. The Morgan fingerprint density at radius 2 is 2.00 bits per heavy atom. The molecule has 1 fully saturated rings. The number of aliphatic imine (C=N–C) groups is 1. The normalized spacial score (nSPS) is 29.3. The summed E-state index contributed by atoms with van der Waals surface area (Å²) in [6.45, 7) is 4.82. The fraction of sp³-hybridized carbons (Fsp3) is 0.533. The Morgan fingerprint density at radius 3 is 2.57 bits per heavy atom. The number of rotatable bonds is 2. The van der Waals surface area contributed by atoms with Crippen molar-refractivity contribution in [3.05, 3.63) is 34.0 Å². The number of allylic oxidation sites excluding steroid dienone is 2. The summed E-state index contributed by atoms with van der Waals surface area (Å²) in [5.74, 6) is -0.553. The van der Waals surface area contributed by atoms with E-state index in [1.165, 1.54) is 10.0 Å². The van der Waals surface area contributed by atoms with Gasteiger partial charge in [0.2, 0.25) is 0 Å². The van der Waals surface area contributed by atoms with Gasteiger partial charge in [0.25, 0.3) is 0 Å². The van der Waals surface area contributed by atoms with Gasteiger partial charge in [-0.3, -0.25) is 0 Å². The number of fused-ring (bicyclic) bond motifs is 1. The van der Waals surface area contributed by atoms with Gasteiger partial charge in [0.15, 0.2) is 0 Å². The molecule has 0 amide bonds. The molecule has 3 aliphatic rings. The van der Waals surface area contributed by atoms with Gasteiger partial charge in [-0.2, -0.15) is 0 Å². The molecular weight excluding hydrogens is 404 g/mol. The van der Waals surface area contributed by atoms with E-state index in [1.807, 2.05) is 6.08 Å². The second-order valence-corrected chi connectivity index (χ2v) is 12.3. The molecule has 2 aliphatic heterocycles. The predicted octanol–water partition coefficient (Wildman–Crippen LogP) is -0.438. The molecule has 3 nitrogen and oxygen atoms in total. The summed E-state index contributed by atoms with van der Waals surface area (Å²) in [5.41, 5.74) is 2.11. The number of dihydropyridines is 1. The summed E-state index contributed by atoms with van der Waals surface area (Å²) in [5, 5.41) is 0. The molecule has 0 radical (unpaired) electrons. The van der Waals surface area contributed by atoms with Gasteiger partial charge in [-0.05, 0) is 0 Å². The average Bonchev–Trinajstić information content (AvgIpc) is 3.19. The number of alkyl halides is 2. The molecule has 0 bridgehead atoms. The summed E-state index contributed by atoms with van der Waals surface area (Å²) in [6.07, 6.45) is 5.34. The zero-order valence-electron chi connectivity index (χ0n) is 12.2. The third kappa shape index (κ3) is 2.65. The van der Waals surface area contributed by atoms with Crippen LogP contribution in [0.2, 0.25) is 0 Å². The molecule has 0 saturated carbocycles. The van der Waals surface area contributed by atoms with Crippen LogP contribution in [0.25, 0.3) is 0 Å². The zero-order chi connectivity index (χ0) is 15.4. The maximum atomic E-state index is 14.4. The number of halogens is 2. The minimum absolute atomic E-state index is 0.0648. The van der Waals surface area contributed by atoms with Gasteiger partial charge in [-0.25, -0.2) is 0 Å². The van der Waals surface area contributed by atoms with Gasteiger partial charge < -0.3 is 0 Å². The summed E-state index contributed by atoms with van der Waals surface area (Å²) in [7, 11) is -3.67. The van der Waals surface area contributed by atoms with Gasteiger partial charge in [0, 0.05) is 0 Å². The first-order valence-corrected chi connectivity index (χ1v) is 11.1. The van der Waals surface area contributed by atoms with Crippen LogP contribution in [0.5, 0.6) is 0 Å². The second kappa shape index (κ2) is 5.01. The van der Waals surface area contributed by atoms with Crippen LogP contribution in [0.3, 0.4) is 0 Å². The Kier molecular flexibility index (Phi) is 3.67. The molecular formula is C15H18FINO2S-. The van der Waals surface area contributed by atoms with Crippen molar-refractivity contribution in [1.82, 2.24) is 0 Å². The third-order valence-corrected chi connectivity index (χ3v) is 8.84. The van der Waals surface area contributed by atoms with Crippen LogP contribution in [0.4, 0.5) is 4.39 Å². The molecule has 0 aromatic carbocycles. The molecule has 0 aromatic heterocycles. The van der Waals surface area contributed by atoms with E-state index in [1.54, 1.807) is 33.1 Å². The quantitative estimate of drug-likeness (QED) is 0.448. The van der Waals surface area contributed by atoms with Gasteiger partial charge in [0.05, 0.1) is 0 Å². The van der Waals surface area contributed by atoms with Crippen LogP contribution < -0.4 is 21.2 Å². The molecule has 2 atom stereocenters. The topological polar surface area (TPSA) is 46.5 Å². The number of hydrogen-bond donors (Lipinski definition) is 0. The standard InChI is InChI=1S/C15H18FINO2S/c1-15(2,3)21(19,20)14-6-10-9(12-8-17-12)4-5-18-13(10)7-11(14)16/h4-6,12-13H,7-8H2,1-3H3/q-1. The van der Waals surface area contributed by atoms with E-state index in [0.29, 0.717) is 3.92 Å². The summed E-state index contributed by atoms with van der Waals surface area (Å²) < 4.78 is 40.4. The van der Waals surface area contributed by atoms with Crippen LogP contribution in [0.1, 0.15) is 27.2 Å². The van der Waals surface area contributed by atoms with Crippen molar-refractivity contribution in [2.24, 2.45) is 4.99 Å². The van der Waals surface area contributed by atoms with Crippen molar-refractivity contribution >= 4 is 16.1 Å². The van der Waals surface area contributed by atoms with E-state index in [-0.39, 0.29) is 38.6 Å². The molecule has 1 aliphatic carbocycles. The first-order valence-electron chi connectivity index (χ1n) is 6.88. The Labute approximate surface area is 135 Å². The van der Waals surface area contributed by atoms with E-state index in [4.69, 9.17) is 0 Å². The van der Waals surface area contributed by atoms with Gasteiger partial charge in [-0.15, -0.1) is 0 Å². The molecule has 6 heteroatoms. The van der Waals surface area contributed by atoms with E-state index < -0.39 is 20.4 Å². The van der Waals surface area contributed by atoms with Crippen molar-refractivity contribution in [2.45, 2.75) is 41.9 Å². The van der Waals surface area contributed by atoms with Crippen LogP contribution in [0.15, 0.2) is 39.0 Å². The fourth-order valence-corrected chi connectivity index (χ4v) is 5.56. The molecule has 3 rings (SSSR count). The van der Waals surface area contributed by atoms with E-state index >= 15 is 0 Å². The summed E-state index contributed by atoms with van der Waals surface area (Å²) in [6, 6.07) is -0.242. The van der Waals surface area contributed by atoms with Crippen LogP contribution in [0, 0.1) is 0 Å². The van der Waals surface area contributed by atoms with Crippen molar-refractivity contribution in [3.8, 4) is 0 Å². The average molecular weight is 422 g/mol. The number of sulfone groups is 1. The molecule has 2 unspecified atom stereocenters. The molecule has 2 heterocycles. The van der Waals surface area contributed by atoms with E-state index in [9.17, 15) is 12.8 Å². The molecule has 116 valence electrons. The van der Waals surface area contributed by atoms with E-state index in [2.05, 4.69) is 4.99 Å². The number of nitrogens with zero attached hydrogens (tertiary/aromatic N) is 1. The Morgan fingerprint density at radius 1 is 1.33 bits per heavy atom. The first kappa shape index (κ1) is 15.4. The Balaban J connectivity index is 2.08. The molecule has 1 saturated heterocycles. The molecule has 0 spiro atoms. The van der Waals surface area contributed by atoms with E-state index in [0.717, 1.165) is 5.57 Å². The van der Waals surface area contributed by atoms with Crippen molar-refractivity contribution in [3.63, 3.8) is 0 Å². The molecule has 0 N–H and O–H groups in total. The zero-order valence-corrected chi connectivity index (χ0v) is 15.2. The van der Waals surface area contributed by atoms with Crippen LogP contribution in [-0.2, 0) is 9.84 Å². The predicted molar refractivity (Wildman–Crippen MR) is 78.5 cm³/mol. The third-order valence-electron chi connectivity index (χ3n) is 3.88.